The van der Waals surface area contributed by atoms with Gasteiger partial charge in [0.05, 0.1) is 0 Å². The average Bonchev–Trinajstić information content (AvgIpc) is 2.26. The van der Waals surface area contributed by atoms with Crippen LogP contribution >= 0.6 is 0 Å². The molecule has 0 radical (unpaired) electrons. The van der Waals surface area contributed by atoms with Crippen molar-refractivity contribution >= 4 is 5.78 Å². The summed E-state index contributed by atoms with van der Waals surface area (Å²) in [5.74, 6) is 1.02. The van der Waals surface area contributed by atoms with Gasteiger partial charge in [0.15, 0.2) is 5.78 Å². The number of hydrogen-bond acceptors (Lipinski definition) is 1. The van der Waals surface area contributed by atoms with Crippen LogP contribution in [0.25, 0.3) is 0 Å². The molecule has 0 aromatic rings. The third kappa shape index (κ3) is 2.20. The highest BCUT2D eigenvalue weighted by Gasteiger charge is 2.15. The summed E-state index contributed by atoms with van der Waals surface area (Å²) in [7, 11) is 0. The Balaban J connectivity index is 2.74. The number of allylic oxidation sites excluding steroid dienone is 2. The van der Waals surface area contributed by atoms with E-state index in [0.717, 1.165) is 19.3 Å². The van der Waals surface area contributed by atoms with E-state index >= 15 is 0 Å². The summed E-state index contributed by atoms with van der Waals surface area (Å²) in [4.78, 5) is 11.2. The molecule has 0 heterocycles. The molecule has 1 unspecified atom stereocenters. The molecule has 1 atom stereocenters. The lowest BCUT2D eigenvalue weighted by atomic mass is 9.91. The van der Waals surface area contributed by atoms with Crippen molar-refractivity contribution in [2.75, 3.05) is 0 Å². The molecular weight excluding hydrogens is 148 g/mol. The van der Waals surface area contributed by atoms with Gasteiger partial charge in [0, 0.05) is 6.42 Å². The molecule has 12 heavy (non-hydrogen) atoms. The van der Waals surface area contributed by atoms with Crippen molar-refractivity contribution in [1.82, 2.24) is 0 Å². The Labute approximate surface area is 74.9 Å². The van der Waals surface area contributed by atoms with Crippen molar-refractivity contribution in [3.05, 3.63) is 11.6 Å². The molecule has 0 fully saturated rings. The van der Waals surface area contributed by atoms with E-state index in [1.54, 1.807) is 0 Å². The smallest absolute Gasteiger partial charge is 0.155 e. The van der Waals surface area contributed by atoms with Gasteiger partial charge in [0.25, 0.3) is 0 Å². The van der Waals surface area contributed by atoms with Crippen LogP contribution in [0.2, 0.25) is 0 Å². The first-order chi connectivity index (χ1) is 5.77. The van der Waals surface area contributed by atoms with Gasteiger partial charge in [-0.15, -0.1) is 0 Å². The minimum absolute atomic E-state index is 0.336. The Kier molecular flexibility index (Phi) is 3.51. The molecular formula is C11H18O. The van der Waals surface area contributed by atoms with Gasteiger partial charge in [-0.3, -0.25) is 4.79 Å². The van der Waals surface area contributed by atoms with Crippen LogP contribution in [0.3, 0.4) is 0 Å². The Morgan fingerprint density at radius 3 is 2.83 bits per heavy atom. The van der Waals surface area contributed by atoms with Gasteiger partial charge in [0.1, 0.15) is 0 Å². The molecule has 0 saturated heterocycles. The molecule has 1 aliphatic rings. The number of hydrogen-bond donors (Lipinski definition) is 0. The predicted octanol–water partition coefficient (Wildman–Crippen LogP) is 3.10. The molecule has 0 N–H and O–H groups in total. The van der Waals surface area contributed by atoms with Gasteiger partial charge in [-0.25, -0.2) is 0 Å². The molecule has 0 bridgehead atoms. The Morgan fingerprint density at radius 2 is 2.25 bits per heavy atom. The second-order valence-electron chi connectivity index (χ2n) is 3.54. The maximum atomic E-state index is 11.2. The SMILES string of the molecule is CCC1=CC(=O)CCCC1CC. The van der Waals surface area contributed by atoms with Crippen LogP contribution < -0.4 is 0 Å². The lowest BCUT2D eigenvalue weighted by Crippen LogP contribution is -2.00. The lowest BCUT2D eigenvalue weighted by molar-refractivity contribution is -0.114. The number of ketones is 1. The Hall–Kier alpha value is -0.590. The second-order valence-corrected chi connectivity index (χ2v) is 3.54. The van der Waals surface area contributed by atoms with E-state index in [2.05, 4.69) is 13.8 Å². The molecule has 0 saturated carbocycles. The molecule has 0 spiro atoms. The summed E-state index contributed by atoms with van der Waals surface area (Å²) in [5, 5.41) is 0. The zero-order valence-electron chi connectivity index (χ0n) is 8.10. The summed E-state index contributed by atoms with van der Waals surface area (Å²) in [5.41, 5.74) is 1.38. The van der Waals surface area contributed by atoms with Crippen molar-refractivity contribution in [3.63, 3.8) is 0 Å². The molecule has 1 aliphatic carbocycles. The van der Waals surface area contributed by atoms with Crippen molar-refractivity contribution in [3.8, 4) is 0 Å². The van der Waals surface area contributed by atoms with Crippen molar-refractivity contribution in [1.29, 1.82) is 0 Å². The summed E-state index contributed by atoms with van der Waals surface area (Å²) < 4.78 is 0. The fourth-order valence-electron chi connectivity index (χ4n) is 1.96. The van der Waals surface area contributed by atoms with E-state index in [-0.39, 0.29) is 0 Å². The molecule has 0 aromatic heterocycles. The summed E-state index contributed by atoms with van der Waals surface area (Å²) in [6.45, 7) is 4.36. The monoisotopic (exact) mass is 166 g/mol. The maximum absolute atomic E-state index is 11.2. The Morgan fingerprint density at radius 1 is 1.50 bits per heavy atom. The van der Waals surface area contributed by atoms with Crippen LogP contribution in [0.15, 0.2) is 11.6 Å². The fourth-order valence-corrected chi connectivity index (χ4v) is 1.96. The second kappa shape index (κ2) is 4.44. The minimum Gasteiger partial charge on any atom is -0.295 e. The topological polar surface area (TPSA) is 17.1 Å². The van der Waals surface area contributed by atoms with E-state index in [9.17, 15) is 4.79 Å². The first-order valence-corrected chi connectivity index (χ1v) is 5.01. The Bertz CT molecular complexity index is 191. The van der Waals surface area contributed by atoms with E-state index < -0.39 is 0 Å². The van der Waals surface area contributed by atoms with Crippen LogP contribution in [-0.4, -0.2) is 5.78 Å². The normalized spacial score (nSPS) is 25.0. The average molecular weight is 166 g/mol. The van der Waals surface area contributed by atoms with Crippen LogP contribution in [0.1, 0.15) is 46.0 Å². The fraction of sp³-hybridized carbons (Fsp3) is 0.727. The summed E-state index contributed by atoms with van der Waals surface area (Å²) >= 11 is 0. The van der Waals surface area contributed by atoms with Crippen LogP contribution in [-0.2, 0) is 4.79 Å². The first kappa shape index (κ1) is 9.50. The van der Waals surface area contributed by atoms with Gasteiger partial charge in [-0.05, 0) is 37.7 Å². The van der Waals surface area contributed by atoms with Crippen molar-refractivity contribution < 1.29 is 4.79 Å². The first-order valence-electron chi connectivity index (χ1n) is 5.01. The van der Waals surface area contributed by atoms with E-state index in [1.165, 1.54) is 18.4 Å². The van der Waals surface area contributed by atoms with E-state index in [1.807, 2.05) is 6.08 Å². The highest BCUT2D eigenvalue weighted by molar-refractivity contribution is 5.90. The van der Waals surface area contributed by atoms with E-state index in [0.29, 0.717) is 11.7 Å². The molecule has 0 aromatic carbocycles. The lowest BCUT2D eigenvalue weighted by Gasteiger charge is -2.14. The molecule has 1 rings (SSSR count). The quantitative estimate of drug-likeness (QED) is 0.616. The molecule has 0 amide bonds. The van der Waals surface area contributed by atoms with Crippen LogP contribution in [0.4, 0.5) is 0 Å². The number of carbonyl (C=O) groups excluding carboxylic acids is 1. The van der Waals surface area contributed by atoms with Gasteiger partial charge in [-0.1, -0.05) is 19.4 Å². The summed E-state index contributed by atoms with van der Waals surface area (Å²) in [6, 6.07) is 0. The number of carbonyl (C=O) groups is 1. The van der Waals surface area contributed by atoms with Gasteiger partial charge >= 0.3 is 0 Å². The molecule has 68 valence electrons. The van der Waals surface area contributed by atoms with Gasteiger partial charge < -0.3 is 0 Å². The van der Waals surface area contributed by atoms with Crippen LogP contribution in [0.5, 0.6) is 0 Å². The highest BCUT2D eigenvalue weighted by Crippen LogP contribution is 2.27. The zero-order chi connectivity index (χ0) is 8.97. The summed E-state index contributed by atoms with van der Waals surface area (Å²) in [6.07, 6.45) is 7.18. The molecule has 1 nitrogen and oxygen atoms in total. The van der Waals surface area contributed by atoms with Gasteiger partial charge in [-0.2, -0.15) is 0 Å². The van der Waals surface area contributed by atoms with Gasteiger partial charge in [0.2, 0.25) is 0 Å². The molecule has 0 aliphatic heterocycles. The third-order valence-electron chi connectivity index (χ3n) is 2.75. The largest absolute Gasteiger partial charge is 0.295 e. The highest BCUT2D eigenvalue weighted by atomic mass is 16.1. The molecule has 1 heteroatoms. The van der Waals surface area contributed by atoms with Crippen molar-refractivity contribution in [2.24, 2.45) is 5.92 Å². The van der Waals surface area contributed by atoms with Crippen LogP contribution in [0, 0.1) is 5.92 Å². The predicted molar refractivity (Wildman–Crippen MR) is 51.0 cm³/mol. The van der Waals surface area contributed by atoms with E-state index in [4.69, 9.17) is 0 Å². The van der Waals surface area contributed by atoms with Crippen molar-refractivity contribution in [2.45, 2.75) is 46.0 Å². The maximum Gasteiger partial charge on any atom is 0.155 e. The number of rotatable bonds is 2. The standard InChI is InChI=1S/C11H18O/c1-3-9-6-5-7-11(12)8-10(9)4-2/h8-9H,3-7H2,1-2H3. The minimum atomic E-state index is 0.336. The third-order valence-corrected chi connectivity index (χ3v) is 2.75. The zero-order valence-corrected chi connectivity index (χ0v) is 8.10.